The second kappa shape index (κ2) is 8.04. The fourth-order valence-corrected chi connectivity index (χ4v) is 4.06. The number of aliphatic imine (C=N–C) groups is 1. The lowest BCUT2D eigenvalue weighted by molar-refractivity contribution is 0.499. The van der Waals surface area contributed by atoms with Crippen LogP contribution in [0.3, 0.4) is 0 Å². The van der Waals surface area contributed by atoms with Gasteiger partial charge >= 0.3 is 0 Å². The average molecular weight is 360 g/mol. The lowest BCUT2D eigenvalue weighted by Crippen LogP contribution is -2.45. The molecule has 1 aliphatic rings. The van der Waals surface area contributed by atoms with Crippen molar-refractivity contribution in [2.24, 2.45) is 4.99 Å². The maximum absolute atomic E-state index is 4.76. The summed E-state index contributed by atoms with van der Waals surface area (Å²) in [5.74, 6) is 0.878. The van der Waals surface area contributed by atoms with Crippen LogP contribution in [0.5, 0.6) is 0 Å². The molecule has 2 N–H and O–H groups in total. The molecule has 1 aliphatic carbocycles. The first-order valence-corrected chi connectivity index (χ1v) is 10.0. The minimum atomic E-state index is 0.392. The molecule has 2 aromatic heterocycles. The zero-order chi connectivity index (χ0) is 17.8. The maximum atomic E-state index is 4.76. The molecule has 0 aliphatic heterocycles. The van der Waals surface area contributed by atoms with Crippen molar-refractivity contribution in [1.29, 1.82) is 0 Å². The molecule has 0 amide bonds. The van der Waals surface area contributed by atoms with Crippen molar-refractivity contribution in [3.8, 4) is 0 Å². The van der Waals surface area contributed by atoms with E-state index in [1.165, 1.54) is 21.0 Å². The van der Waals surface area contributed by atoms with E-state index in [1.54, 1.807) is 0 Å². The van der Waals surface area contributed by atoms with Crippen LogP contribution >= 0.6 is 11.3 Å². The van der Waals surface area contributed by atoms with Gasteiger partial charge in [-0.15, -0.1) is 11.3 Å². The van der Waals surface area contributed by atoms with Gasteiger partial charge in [0, 0.05) is 41.5 Å². The van der Waals surface area contributed by atoms with Crippen LogP contribution in [-0.4, -0.2) is 28.8 Å². The molecule has 0 saturated heterocycles. The van der Waals surface area contributed by atoms with Gasteiger partial charge in [-0.05, 0) is 50.8 Å². The molecule has 1 atom stereocenters. The van der Waals surface area contributed by atoms with E-state index in [9.17, 15) is 0 Å². The summed E-state index contributed by atoms with van der Waals surface area (Å²) in [6.45, 7) is 7.37. The Hall–Kier alpha value is -1.82. The van der Waals surface area contributed by atoms with Crippen molar-refractivity contribution in [3.63, 3.8) is 0 Å². The van der Waals surface area contributed by atoms with E-state index in [0.717, 1.165) is 38.2 Å². The number of aromatic nitrogens is 2. The van der Waals surface area contributed by atoms with Crippen LogP contribution in [0.2, 0.25) is 0 Å². The average Bonchev–Trinajstić information content (AvgIpc) is 3.24. The van der Waals surface area contributed by atoms with Crippen LogP contribution in [0.1, 0.15) is 54.2 Å². The van der Waals surface area contributed by atoms with Crippen LogP contribution in [-0.2, 0) is 25.8 Å². The predicted octanol–water partition coefficient (Wildman–Crippen LogP) is 3.31. The Morgan fingerprint density at radius 1 is 1.40 bits per heavy atom. The van der Waals surface area contributed by atoms with E-state index in [2.05, 4.69) is 59.4 Å². The standard InChI is InChI=1S/C19H29N5S/c1-5-16-8-9-17(25-16)11-21-19(20-4)22-15-7-6-14-12-24(13(2)3)23-18(14)10-15/h8-9,12-13,15H,5-7,10-11H2,1-4H3,(H2,20,21,22). The summed E-state index contributed by atoms with van der Waals surface area (Å²) in [7, 11) is 1.84. The van der Waals surface area contributed by atoms with Crippen LogP contribution in [0.4, 0.5) is 0 Å². The smallest absolute Gasteiger partial charge is 0.191 e. The van der Waals surface area contributed by atoms with Crippen molar-refractivity contribution in [3.05, 3.63) is 39.3 Å². The Kier molecular flexibility index (Phi) is 5.78. The van der Waals surface area contributed by atoms with Crippen molar-refractivity contribution in [2.45, 2.75) is 65.1 Å². The normalized spacial score (nSPS) is 17.6. The monoisotopic (exact) mass is 359 g/mol. The van der Waals surface area contributed by atoms with Crippen LogP contribution < -0.4 is 10.6 Å². The van der Waals surface area contributed by atoms with Crippen LogP contribution in [0.25, 0.3) is 0 Å². The summed E-state index contributed by atoms with van der Waals surface area (Å²) in [5, 5.41) is 11.8. The Labute approximate surface area is 154 Å². The maximum Gasteiger partial charge on any atom is 0.191 e. The van der Waals surface area contributed by atoms with E-state index < -0.39 is 0 Å². The highest BCUT2D eigenvalue weighted by Gasteiger charge is 2.23. The lowest BCUT2D eigenvalue weighted by Gasteiger charge is -2.24. The van der Waals surface area contributed by atoms with Crippen molar-refractivity contribution in [2.75, 3.05) is 7.05 Å². The number of aryl methyl sites for hydroxylation is 2. The van der Waals surface area contributed by atoms with Crippen molar-refractivity contribution in [1.82, 2.24) is 20.4 Å². The largest absolute Gasteiger partial charge is 0.353 e. The number of nitrogens with zero attached hydrogens (tertiary/aromatic N) is 3. The molecule has 0 fully saturated rings. The Bertz CT molecular complexity index is 728. The minimum Gasteiger partial charge on any atom is -0.353 e. The summed E-state index contributed by atoms with van der Waals surface area (Å²) in [5.41, 5.74) is 2.64. The van der Waals surface area contributed by atoms with E-state index in [1.807, 2.05) is 18.4 Å². The minimum absolute atomic E-state index is 0.392. The number of fused-ring (bicyclic) bond motifs is 1. The topological polar surface area (TPSA) is 54.2 Å². The number of guanidine groups is 1. The van der Waals surface area contributed by atoms with Crippen molar-refractivity contribution < 1.29 is 0 Å². The molecule has 25 heavy (non-hydrogen) atoms. The SMILES string of the molecule is CCc1ccc(CNC(=NC)NC2CCc3cn(C(C)C)nc3C2)s1. The molecule has 0 bridgehead atoms. The highest BCUT2D eigenvalue weighted by molar-refractivity contribution is 7.11. The quantitative estimate of drug-likeness (QED) is 0.636. The number of nitrogens with one attached hydrogen (secondary N) is 2. The zero-order valence-electron chi connectivity index (χ0n) is 15.7. The van der Waals surface area contributed by atoms with Crippen LogP contribution in [0.15, 0.2) is 23.3 Å². The molecule has 0 spiro atoms. The molecule has 5 nitrogen and oxygen atoms in total. The molecule has 1 unspecified atom stereocenters. The van der Waals surface area contributed by atoms with Crippen LogP contribution in [0, 0.1) is 0 Å². The number of thiophene rings is 1. The third-order valence-corrected chi connectivity index (χ3v) is 5.92. The summed E-state index contributed by atoms with van der Waals surface area (Å²) in [4.78, 5) is 7.17. The van der Waals surface area contributed by atoms with E-state index in [4.69, 9.17) is 5.10 Å². The number of hydrogen-bond acceptors (Lipinski definition) is 3. The van der Waals surface area contributed by atoms with Gasteiger partial charge < -0.3 is 10.6 Å². The molecule has 6 heteroatoms. The van der Waals surface area contributed by atoms with Gasteiger partial charge in [-0.3, -0.25) is 9.67 Å². The van der Waals surface area contributed by atoms with Gasteiger partial charge in [-0.25, -0.2) is 0 Å². The summed E-state index contributed by atoms with van der Waals surface area (Å²) < 4.78 is 2.09. The number of hydrogen-bond donors (Lipinski definition) is 2. The van der Waals surface area contributed by atoms with Gasteiger partial charge in [0.25, 0.3) is 0 Å². The molecule has 2 aromatic rings. The Morgan fingerprint density at radius 3 is 2.88 bits per heavy atom. The van der Waals surface area contributed by atoms with Crippen molar-refractivity contribution >= 4 is 17.3 Å². The fourth-order valence-electron chi connectivity index (χ4n) is 3.17. The van der Waals surface area contributed by atoms with Gasteiger partial charge in [0.2, 0.25) is 0 Å². The molecule has 3 rings (SSSR count). The highest BCUT2D eigenvalue weighted by atomic mass is 32.1. The van der Waals surface area contributed by atoms with Gasteiger partial charge in [0.05, 0.1) is 12.2 Å². The first-order valence-electron chi connectivity index (χ1n) is 9.20. The molecule has 136 valence electrons. The summed E-state index contributed by atoms with van der Waals surface area (Å²) >= 11 is 1.87. The third-order valence-electron chi connectivity index (χ3n) is 4.69. The summed E-state index contributed by atoms with van der Waals surface area (Å²) in [6.07, 6.45) is 6.49. The van der Waals surface area contributed by atoms with Gasteiger partial charge in [-0.2, -0.15) is 5.10 Å². The third kappa shape index (κ3) is 4.42. The fraction of sp³-hybridized carbons (Fsp3) is 0.579. The first-order chi connectivity index (χ1) is 12.1. The van der Waals surface area contributed by atoms with Gasteiger partial charge in [0.1, 0.15) is 0 Å². The van der Waals surface area contributed by atoms with Gasteiger partial charge in [-0.1, -0.05) is 6.92 Å². The molecule has 0 aromatic carbocycles. The predicted molar refractivity (Wildman–Crippen MR) is 105 cm³/mol. The highest BCUT2D eigenvalue weighted by Crippen LogP contribution is 2.22. The number of rotatable bonds is 5. The molecule has 2 heterocycles. The Balaban J connectivity index is 1.55. The second-order valence-corrected chi connectivity index (χ2v) is 8.16. The molecular weight excluding hydrogens is 330 g/mol. The van der Waals surface area contributed by atoms with E-state index >= 15 is 0 Å². The Morgan fingerprint density at radius 2 is 2.20 bits per heavy atom. The lowest BCUT2D eigenvalue weighted by atomic mass is 9.94. The molecular formula is C19H29N5S. The van der Waals surface area contributed by atoms with E-state index in [0.29, 0.717) is 12.1 Å². The van der Waals surface area contributed by atoms with E-state index in [-0.39, 0.29) is 0 Å². The summed E-state index contributed by atoms with van der Waals surface area (Å²) in [6, 6.07) is 5.23. The van der Waals surface area contributed by atoms with Gasteiger partial charge in [0.15, 0.2) is 5.96 Å². The first kappa shape index (κ1) is 18.0. The molecule has 0 saturated carbocycles. The zero-order valence-corrected chi connectivity index (χ0v) is 16.5. The molecule has 0 radical (unpaired) electrons. The second-order valence-electron chi connectivity index (χ2n) is 6.91.